The van der Waals surface area contributed by atoms with Gasteiger partial charge in [0.15, 0.2) is 0 Å². The van der Waals surface area contributed by atoms with Crippen LogP contribution in [0.3, 0.4) is 0 Å². The number of anilines is 2. The van der Waals surface area contributed by atoms with E-state index in [9.17, 15) is 4.79 Å². The first kappa shape index (κ1) is 14.3. The summed E-state index contributed by atoms with van der Waals surface area (Å²) >= 11 is 0. The van der Waals surface area contributed by atoms with Crippen LogP contribution in [0.5, 0.6) is 0 Å². The third-order valence-electron chi connectivity index (χ3n) is 4.80. The van der Waals surface area contributed by atoms with Gasteiger partial charge in [0.1, 0.15) is 6.04 Å². The molecule has 2 heterocycles. The van der Waals surface area contributed by atoms with Crippen LogP contribution in [0.25, 0.3) is 0 Å². The van der Waals surface area contributed by atoms with E-state index in [0.717, 1.165) is 44.0 Å². The molecule has 1 unspecified atom stereocenters. The van der Waals surface area contributed by atoms with E-state index >= 15 is 0 Å². The Morgan fingerprint density at radius 1 is 1.00 bits per heavy atom. The Bertz CT molecular complexity index is 701. The predicted octanol–water partition coefficient (Wildman–Crippen LogP) is 2.37. The van der Waals surface area contributed by atoms with Gasteiger partial charge in [0.2, 0.25) is 5.91 Å². The molecule has 4 rings (SSSR count). The first-order chi connectivity index (χ1) is 11.3. The van der Waals surface area contributed by atoms with Gasteiger partial charge in [-0.25, -0.2) is 0 Å². The van der Waals surface area contributed by atoms with Crippen LogP contribution < -0.4 is 10.2 Å². The van der Waals surface area contributed by atoms with Gasteiger partial charge >= 0.3 is 0 Å². The number of nitrogens with zero attached hydrogens (tertiary/aromatic N) is 2. The van der Waals surface area contributed by atoms with Crippen LogP contribution >= 0.6 is 0 Å². The average molecular weight is 307 g/mol. The van der Waals surface area contributed by atoms with Crippen LogP contribution in [0.15, 0.2) is 54.6 Å². The van der Waals surface area contributed by atoms with E-state index in [0.29, 0.717) is 0 Å². The van der Waals surface area contributed by atoms with Crippen molar-refractivity contribution in [2.75, 3.05) is 36.4 Å². The first-order valence-corrected chi connectivity index (χ1v) is 8.24. The molecule has 2 aromatic carbocycles. The zero-order chi connectivity index (χ0) is 15.6. The van der Waals surface area contributed by atoms with Crippen molar-refractivity contribution in [3.63, 3.8) is 0 Å². The van der Waals surface area contributed by atoms with Crippen LogP contribution in [0.4, 0.5) is 11.4 Å². The van der Waals surface area contributed by atoms with E-state index in [1.165, 1.54) is 5.56 Å². The van der Waals surface area contributed by atoms with Crippen LogP contribution in [0, 0.1) is 0 Å². The standard InChI is InChI=1S/C19H21N3O/c23-19-18-14-21(11-10-15-6-2-1-3-7-15)12-13-22(18)17-9-5-4-8-16(17)20-19/h1-9,18H,10-14H2,(H,20,23). The van der Waals surface area contributed by atoms with Gasteiger partial charge in [0.25, 0.3) is 0 Å². The molecule has 0 aliphatic carbocycles. The van der Waals surface area contributed by atoms with Gasteiger partial charge in [0, 0.05) is 26.2 Å². The zero-order valence-corrected chi connectivity index (χ0v) is 13.1. The fraction of sp³-hybridized carbons (Fsp3) is 0.316. The molecule has 4 nitrogen and oxygen atoms in total. The Balaban J connectivity index is 1.44. The van der Waals surface area contributed by atoms with Crippen molar-refractivity contribution in [2.24, 2.45) is 0 Å². The highest BCUT2D eigenvalue weighted by Gasteiger charge is 2.36. The Labute approximate surface area is 136 Å². The van der Waals surface area contributed by atoms with Crippen molar-refractivity contribution in [3.8, 4) is 0 Å². The number of hydrogen-bond acceptors (Lipinski definition) is 3. The maximum absolute atomic E-state index is 12.4. The maximum atomic E-state index is 12.4. The van der Waals surface area contributed by atoms with E-state index in [1.807, 2.05) is 24.3 Å². The molecule has 118 valence electrons. The van der Waals surface area contributed by atoms with Crippen molar-refractivity contribution in [1.82, 2.24) is 4.90 Å². The largest absolute Gasteiger partial charge is 0.355 e. The molecular formula is C19H21N3O. The molecule has 1 N–H and O–H groups in total. The molecule has 0 saturated carbocycles. The molecule has 4 heteroatoms. The number of para-hydroxylation sites is 2. The Kier molecular flexibility index (Phi) is 3.75. The highest BCUT2D eigenvalue weighted by atomic mass is 16.2. The molecule has 0 bridgehead atoms. The molecule has 1 atom stereocenters. The van der Waals surface area contributed by atoms with Gasteiger partial charge in [-0.15, -0.1) is 0 Å². The molecule has 1 saturated heterocycles. The van der Waals surface area contributed by atoms with Crippen molar-refractivity contribution in [2.45, 2.75) is 12.5 Å². The van der Waals surface area contributed by atoms with Gasteiger partial charge in [-0.1, -0.05) is 42.5 Å². The van der Waals surface area contributed by atoms with E-state index in [-0.39, 0.29) is 11.9 Å². The fourth-order valence-corrected chi connectivity index (χ4v) is 3.53. The zero-order valence-electron chi connectivity index (χ0n) is 13.1. The molecule has 0 aromatic heterocycles. The fourth-order valence-electron chi connectivity index (χ4n) is 3.53. The van der Waals surface area contributed by atoms with Gasteiger partial charge in [-0.05, 0) is 24.1 Å². The number of carbonyl (C=O) groups excluding carboxylic acids is 1. The van der Waals surface area contributed by atoms with Crippen molar-refractivity contribution >= 4 is 17.3 Å². The van der Waals surface area contributed by atoms with Crippen LogP contribution in [0.2, 0.25) is 0 Å². The normalized spacial score (nSPS) is 20.6. The topological polar surface area (TPSA) is 35.6 Å². The lowest BCUT2D eigenvalue weighted by molar-refractivity contribution is -0.118. The Morgan fingerprint density at radius 2 is 1.78 bits per heavy atom. The lowest BCUT2D eigenvalue weighted by Gasteiger charge is -2.45. The average Bonchev–Trinajstić information content (AvgIpc) is 2.61. The summed E-state index contributed by atoms with van der Waals surface area (Å²) in [5.41, 5.74) is 3.44. The first-order valence-electron chi connectivity index (χ1n) is 8.24. The van der Waals surface area contributed by atoms with Gasteiger partial charge in [0.05, 0.1) is 11.4 Å². The maximum Gasteiger partial charge on any atom is 0.248 e. The van der Waals surface area contributed by atoms with Crippen LogP contribution in [-0.4, -0.2) is 43.0 Å². The summed E-state index contributed by atoms with van der Waals surface area (Å²) in [6, 6.07) is 18.6. The van der Waals surface area contributed by atoms with Crippen molar-refractivity contribution in [1.29, 1.82) is 0 Å². The SMILES string of the molecule is O=C1Nc2ccccc2N2CCN(CCc3ccccc3)CC12. The van der Waals surface area contributed by atoms with Crippen LogP contribution in [-0.2, 0) is 11.2 Å². The molecule has 0 spiro atoms. The Hall–Kier alpha value is -2.33. The summed E-state index contributed by atoms with van der Waals surface area (Å²) in [4.78, 5) is 17.1. The molecule has 2 aliphatic rings. The molecule has 1 amide bonds. The Morgan fingerprint density at radius 3 is 2.65 bits per heavy atom. The second-order valence-corrected chi connectivity index (χ2v) is 6.25. The lowest BCUT2D eigenvalue weighted by Crippen LogP contribution is -2.60. The molecule has 2 aliphatic heterocycles. The lowest BCUT2D eigenvalue weighted by atomic mass is 10.0. The van der Waals surface area contributed by atoms with Crippen molar-refractivity contribution in [3.05, 3.63) is 60.2 Å². The van der Waals surface area contributed by atoms with Crippen molar-refractivity contribution < 1.29 is 4.79 Å². The second kappa shape index (κ2) is 6.05. The number of carbonyl (C=O) groups is 1. The third kappa shape index (κ3) is 2.82. The predicted molar refractivity (Wildman–Crippen MR) is 92.8 cm³/mol. The number of hydrogen-bond donors (Lipinski definition) is 1. The molecule has 0 radical (unpaired) electrons. The molecule has 23 heavy (non-hydrogen) atoms. The van der Waals surface area contributed by atoms with Gasteiger partial charge in [-0.2, -0.15) is 0 Å². The molecular weight excluding hydrogens is 286 g/mol. The number of amides is 1. The minimum absolute atomic E-state index is 0.0746. The number of nitrogens with one attached hydrogen (secondary N) is 1. The summed E-state index contributed by atoms with van der Waals surface area (Å²) < 4.78 is 0. The highest BCUT2D eigenvalue weighted by Crippen LogP contribution is 2.33. The van der Waals surface area contributed by atoms with Gasteiger partial charge < -0.3 is 10.2 Å². The molecule has 2 aromatic rings. The summed E-state index contributed by atoms with van der Waals surface area (Å²) in [6.45, 7) is 3.71. The van der Waals surface area contributed by atoms with E-state index in [4.69, 9.17) is 0 Å². The summed E-state index contributed by atoms with van der Waals surface area (Å²) in [5.74, 6) is 0.119. The van der Waals surface area contributed by atoms with E-state index in [2.05, 4.69) is 45.4 Å². The van der Waals surface area contributed by atoms with E-state index < -0.39 is 0 Å². The second-order valence-electron chi connectivity index (χ2n) is 6.25. The quantitative estimate of drug-likeness (QED) is 0.945. The summed E-state index contributed by atoms with van der Waals surface area (Å²) in [7, 11) is 0. The number of rotatable bonds is 3. The van der Waals surface area contributed by atoms with E-state index in [1.54, 1.807) is 0 Å². The number of fused-ring (bicyclic) bond motifs is 3. The summed E-state index contributed by atoms with van der Waals surface area (Å²) in [6.07, 6.45) is 1.03. The molecule has 1 fully saturated rings. The minimum Gasteiger partial charge on any atom is -0.355 e. The third-order valence-corrected chi connectivity index (χ3v) is 4.80. The van der Waals surface area contributed by atoms with Gasteiger partial charge in [-0.3, -0.25) is 9.69 Å². The summed E-state index contributed by atoms with van der Waals surface area (Å²) in [5, 5.41) is 3.05. The smallest absolute Gasteiger partial charge is 0.248 e. The van der Waals surface area contributed by atoms with Crippen LogP contribution in [0.1, 0.15) is 5.56 Å². The minimum atomic E-state index is -0.0746. The number of benzene rings is 2. The number of piperazine rings is 1. The monoisotopic (exact) mass is 307 g/mol. The highest BCUT2D eigenvalue weighted by molar-refractivity contribution is 6.03.